The van der Waals surface area contributed by atoms with Crippen molar-refractivity contribution in [3.05, 3.63) is 106 Å². The first-order chi connectivity index (χ1) is 26.9. The van der Waals surface area contributed by atoms with E-state index in [2.05, 4.69) is 131 Å². The first-order valence-electron chi connectivity index (χ1n) is 20.0. The van der Waals surface area contributed by atoms with Crippen LogP contribution in [0.4, 0.5) is 0 Å². The van der Waals surface area contributed by atoms with Crippen LogP contribution in [0, 0.1) is 25.3 Å². The number of hydrogen-bond donors (Lipinski definition) is 1. The normalized spacial score (nSPS) is 12.4. The van der Waals surface area contributed by atoms with Crippen molar-refractivity contribution in [2.45, 2.75) is 107 Å². The van der Waals surface area contributed by atoms with Crippen molar-refractivity contribution in [2.24, 2.45) is 5.41 Å². The van der Waals surface area contributed by atoms with Crippen LogP contribution in [-0.4, -0.2) is 34.6 Å². The molecule has 58 heavy (non-hydrogen) atoms. The number of aryl methyl sites for hydroxylation is 2. The molecule has 0 saturated heterocycles. The first kappa shape index (κ1) is 42.3. The average Bonchev–Trinajstić information content (AvgIpc) is 3.84. The summed E-state index contributed by atoms with van der Waals surface area (Å²) in [6, 6.07) is 25.6. The molecular weight excluding hydrogens is 981 g/mol. The first-order valence-corrected chi connectivity index (χ1v) is 22.5. The zero-order chi connectivity index (χ0) is 40.7. The van der Waals surface area contributed by atoms with E-state index in [-0.39, 0.29) is 52.1 Å². The molecule has 8 aromatic rings. The summed E-state index contributed by atoms with van der Waals surface area (Å²) >= 11 is 1.56. The molecule has 0 aliphatic carbocycles. The van der Waals surface area contributed by atoms with E-state index < -0.39 is 0 Å². The van der Waals surface area contributed by atoms with Gasteiger partial charge in [0.2, 0.25) is 0 Å². The monoisotopic (exact) mass is 1030 g/mol. The van der Waals surface area contributed by atoms with Crippen LogP contribution in [-0.2, 0) is 32.9 Å². The smallest absolute Gasteiger partial charge is 0 e. The van der Waals surface area contributed by atoms with E-state index in [0.29, 0.717) is 11.8 Å². The molecule has 0 unspecified atom stereocenters. The van der Waals surface area contributed by atoms with Crippen LogP contribution in [0.5, 0.6) is 5.75 Å². The Balaban J connectivity index is 0.00000512. The Labute approximate surface area is 367 Å². The van der Waals surface area contributed by atoms with Gasteiger partial charge in [0.1, 0.15) is 0 Å². The molecule has 4 aromatic heterocycles. The van der Waals surface area contributed by atoms with Crippen molar-refractivity contribution in [3.63, 3.8) is 0 Å². The maximum absolute atomic E-state index is 11.6. The number of aromatic nitrogens is 3. The third-order valence-electron chi connectivity index (χ3n) is 11.1. The van der Waals surface area contributed by atoms with Crippen molar-refractivity contribution < 1.29 is 30.6 Å². The minimum Gasteiger partial charge on any atom is 0 e. The van der Waals surface area contributed by atoms with Gasteiger partial charge in [-0.2, -0.15) is 0 Å². The molecule has 4 heterocycles. The van der Waals surface area contributed by atoms with Crippen LogP contribution in [0.25, 0.3) is 74.6 Å². The third-order valence-corrected chi connectivity index (χ3v) is 14.5. The van der Waals surface area contributed by atoms with Gasteiger partial charge >= 0.3 is 328 Å². The number of thiophene rings is 1. The molecule has 0 amide bonds. The summed E-state index contributed by atoms with van der Waals surface area (Å²) in [5, 5.41) is 12.5. The minimum absolute atomic E-state index is 0. The number of aromatic hydroxyl groups is 1. The molecule has 4 aromatic carbocycles. The Morgan fingerprint density at radius 3 is 2.16 bits per heavy atom. The molecule has 0 radical (unpaired) electrons. The molecule has 0 spiro atoms. The number of rotatable bonds is 7. The Morgan fingerprint density at radius 1 is 0.828 bits per heavy atom. The van der Waals surface area contributed by atoms with Gasteiger partial charge < -0.3 is 0 Å². The van der Waals surface area contributed by atoms with E-state index in [9.17, 15) is 5.11 Å². The Morgan fingerprint density at radius 2 is 1.50 bits per heavy atom. The van der Waals surface area contributed by atoms with E-state index in [1.54, 1.807) is 23.7 Å². The summed E-state index contributed by atoms with van der Waals surface area (Å²) in [6.07, 6.45) is 2.67. The second-order valence-corrected chi connectivity index (χ2v) is 21.7. The van der Waals surface area contributed by atoms with Crippen molar-refractivity contribution in [1.29, 1.82) is 0 Å². The number of fused-ring (bicyclic) bond motifs is 3. The van der Waals surface area contributed by atoms with E-state index in [4.69, 9.17) is 19.4 Å². The van der Waals surface area contributed by atoms with Gasteiger partial charge in [0.15, 0.2) is 0 Å². The van der Waals surface area contributed by atoms with Crippen LogP contribution in [0.2, 0.25) is 0 Å². The van der Waals surface area contributed by atoms with Crippen molar-refractivity contribution >= 4 is 56.8 Å². The average molecular weight is 1030 g/mol. The Hall–Kier alpha value is -3.86. The summed E-state index contributed by atoms with van der Waals surface area (Å²) in [7, 11) is 0. The van der Waals surface area contributed by atoms with Crippen molar-refractivity contribution in [2.75, 3.05) is 0 Å². The molecular formula is C50H52N3O2PtSSe-. The molecule has 0 aliphatic heterocycles. The predicted octanol–water partition coefficient (Wildman–Crippen LogP) is 14.0. The third kappa shape index (κ3) is 7.69. The minimum atomic E-state index is -0.230. The van der Waals surface area contributed by atoms with Gasteiger partial charge in [0, 0.05) is 21.1 Å². The van der Waals surface area contributed by atoms with E-state index in [1.165, 1.54) is 37.0 Å². The largest absolute Gasteiger partial charge is 0 e. The second-order valence-electron chi connectivity index (χ2n) is 18.4. The molecule has 0 aliphatic rings. The fourth-order valence-corrected chi connectivity index (χ4v) is 11.9. The molecule has 5 nitrogen and oxygen atoms in total. The summed E-state index contributed by atoms with van der Waals surface area (Å²) in [6.45, 7) is 26.8. The van der Waals surface area contributed by atoms with Crippen LogP contribution in [0.1, 0.15) is 114 Å². The van der Waals surface area contributed by atoms with Gasteiger partial charge in [-0.25, -0.2) is 0 Å². The van der Waals surface area contributed by atoms with Crippen molar-refractivity contribution in [1.82, 2.24) is 15.0 Å². The summed E-state index contributed by atoms with van der Waals surface area (Å²) in [5.41, 5.74) is 14.8. The number of nitrogens with zero attached hydrogens (tertiary/aromatic N) is 3. The fraction of sp³-hybridized carbons (Fsp3) is 0.340. The van der Waals surface area contributed by atoms with E-state index >= 15 is 0 Å². The van der Waals surface area contributed by atoms with Gasteiger partial charge in [0.05, 0.1) is 0 Å². The maximum Gasteiger partial charge on any atom is 0 e. The molecule has 8 rings (SSSR count). The van der Waals surface area contributed by atoms with Crippen molar-refractivity contribution in [3.8, 4) is 49.4 Å². The standard InChI is InChI=1S/C50H52N3O2SSe.Pt/c1-26(2)34-14-13-15-35(27(3)4)42(34)37-17-16-36(45-47(37)57-48(53-45)43-39(54)18-19-40-41(43)28(5)29(6)55-40)30-20-31(22-32(21-30)50(10,11)12)44-46-38(51-25-52-44)23-33(56-46)24-49(7,8)9;/h13-19,21-23,25-27,54H,24H2,1-12H3;/q-1;. The molecule has 0 fully saturated rings. The number of furan rings is 1. The molecule has 1 N–H and O–H groups in total. The molecule has 8 heteroatoms. The predicted molar refractivity (Wildman–Crippen MR) is 241 cm³/mol. The topological polar surface area (TPSA) is 72.0 Å². The molecule has 0 atom stereocenters. The van der Waals surface area contributed by atoms with Crippen LogP contribution >= 0.6 is 11.3 Å². The van der Waals surface area contributed by atoms with Crippen LogP contribution < -0.4 is 0 Å². The Bertz CT molecular complexity index is 2820. The number of phenolic OH excluding ortho intramolecular Hbond substituents is 1. The SMILES string of the molecule is Cc1oc2ccc(O)c(-c3nc4c(-c5[c-]c(-c6ncnc7cc(CC(C)(C)C)sc67)cc(C(C)(C)C)c5)ccc(-c5c(C(C)C)cccc5C(C)C)c4[se]3)c2c1C.[Pt]. The van der Waals surface area contributed by atoms with Crippen LogP contribution in [0.3, 0.4) is 0 Å². The fourth-order valence-electron chi connectivity index (χ4n) is 8.03. The zero-order valence-corrected chi connectivity index (χ0v) is 40.3. The van der Waals surface area contributed by atoms with Crippen LogP contribution in [0.15, 0.2) is 71.4 Å². The van der Waals surface area contributed by atoms with Gasteiger partial charge in [0.25, 0.3) is 0 Å². The van der Waals surface area contributed by atoms with Gasteiger partial charge in [-0.05, 0) is 0 Å². The summed E-state index contributed by atoms with van der Waals surface area (Å²) in [5.74, 6) is 1.75. The quantitative estimate of drug-likeness (QED) is 0.127. The van der Waals surface area contributed by atoms with E-state index in [0.717, 1.165) is 77.0 Å². The van der Waals surface area contributed by atoms with Gasteiger partial charge in [-0.15, -0.1) is 0 Å². The molecule has 0 saturated carbocycles. The summed E-state index contributed by atoms with van der Waals surface area (Å²) < 4.78 is 9.41. The number of phenols is 1. The number of benzene rings is 4. The summed E-state index contributed by atoms with van der Waals surface area (Å²) in [4.78, 5) is 16.5. The maximum atomic E-state index is 11.6. The van der Waals surface area contributed by atoms with Gasteiger partial charge in [-0.3, -0.25) is 0 Å². The Kier molecular flexibility index (Phi) is 11.4. The number of hydrogen-bond acceptors (Lipinski definition) is 6. The molecule has 302 valence electrons. The zero-order valence-electron chi connectivity index (χ0n) is 35.5. The molecule has 0 bridgehead atoms. The second kappa shape index (κ2) is 15.6. The van der Waals surface area contributed by atoms with Gasteiger partial charge in [-0.1, -0.05) is 20.8 Å². The van der Waals surface area contributed by atoms with E-state index in [1.807, 2.05) is 13.0 Å².